The molecule has 1 saturated carbocycles. The predicted molar refractivity (Wildman–Crippen MR) is 122 cm³/mol. The fourth-order valence-electron chi connectivity index (χ4n) is 3.24. The van der Waals surface area contributed by atoms with Gasteiger partial charge in [0.15, 0.2) is 5.96 Å². The highest BCUT2D eigenvalue weighted by atomic mass is 127. The van der Waals surface area contributed by atoms with Crippen LogP contribution in [-0.4, -0.2) is 59.2 Å². The van der Waals surface area contributed by atoms with E-state index in [-0.39, 0.29) is 36.3 Å². The van der Waals surface area contributed by atoms with Crippen LogP contribution in [0.4, 0.5) is 0 Å². The highest BCUT2D eigenvalue weighted by Gasteiger charge is 2.22. The third kappa shape index (κ3) is 9.75. The Morgan fingerprint density at radius 3 is 2.41 bits per heavy atom. The summed E-state index contributed by atoms with van der Waals surface area (Å²) in [5, 5.41) is 6.70. The molecule has 6 nitrogen and oxygen atoms in total. The van der Waals surface area contributed by atoms with Gasteiger partial charge in [-0.25, -0.2) is 8.42 Å². The molecule has 1 aromatic carbocycles. The van der Waals surface area contributed by atoms with E-state index in [9.17, 15) is 8.42 Å². The van der Waals surface area contributed by atoms with Crippen molar-refractivity contribution in [2.75, 3.05) is 38.8 Å². The maximum absolute atomic E-state index is 11.0. The second-order valence-electron chi connectivity index (χ2n) is 6.84. The molecule has 0 aromatic heterocycles. The van der Waals surface area contributed by atoms with Crippen molar-refractivity contribution >= 4 is 39.8 Å². The smallest absolute Gasteiger partial charge is 0.191 e. The standard InChI is InChI=1S/C19H31N3O3S.HI/c1-20-19(21-12-13-25-14-15-26(2,23)24)22-18-10-8-17(9-11-18)16-6-4-3-5-7-16;/h3-7,17-18H,8-15H2,1-2H3,(H2,20,21,22);1H. The van der Waals surface area contributed by atoms with Crippen molar-refractivity contribution < 1.29 is 13.2 Å². The molecule has 1 fully saturated rings. The van der Waals surface area contributed by atoms with Gasteiger partial charge in [0, 0.05) is 25.9 Å². The van der Waals surface area contributed by atoms with E-state index in [2.05, 4.69) is 46.0 Å². The average molecular weight is 509 g/mol. The second kappa shape index (κ2) is 12.6. The molecule has 8 heteroatoms. The Labute approximate surface area is 180 Å². The molecule has 0 radical (unpaired) electrons. The molecule has 1 aromatic rings. The Morgan fingerprint density at radius 1 is 1.15 bits per heavy atom. The molecule has 27 heavy (non-hydrogen) atoms. The number of halogens is 1. The number of guanidine groups is 1. The van der Waals surface area contributed by atoms with E-state index in [0.29, 0.717) is 25.1 Å². The van der Waals surface area contributed by atoms with Crippen LogP contribution in [0.1, 0.15) is 37.2 Å². The van der Waals surface area contributed by atoms with E-state index in [0.717, 1.165) is 18.8 Å². The van der Waals surface area contributed by atoms with Crippen LogP contribution in [0.2, 0.25) is 0 Å². The van der Waals surface area contributed by atoms with Crippen LogP contribution in [0.25, 0.3) is 0 Å². The van der Waals surface area contributed by atoms with Gasteiger partial charge in [-0.05, 0) is 37.2 Å². The SMILES string of the molecule is CN=C(NCCOCCS(C)(=O)=O)NC1CCC(c2ccccc2)CC1.I. The Balaban J connectivity index is 0.00000364. The van der Waals surface area contributed by atoms with E-state index >= 15 is 0 Å². The number of hydrogen-bond donors (Lipinski definition) is 2. The lowest BCUT2D eigenvalue weighted by Gasteiger charge is -2.30. The minimum atomic E-state index is -2.96. The Bertz CT molecular complexity index is 660. The second-order valence-corrected chi connectivity index (χ2v) is 9.10. The summed E-state index contributed by atoms with van der Waals surface area (Å²) >= 11 is 0. The Morgan fingerprint density at radius 2 is 1.81 bits per heavy atom. The first-order valence-corrected chi connectivity index (χ1v) is 11.3. The molecule has 0 heterocycles. The molecular formula is C19H32IN3O3S. The van der Waals surface area contributed by atoms with Gasteiger partial charge in [0.05, 0.1) is 19.0 Å². The summed E-state index contributed by atoms with van der Waals surface area (Å²) in [7, 11) is -1.20. The third-order valence-electron chi connectivity index (χ3n) is 4.70. The molecule has 1 aliphatic rings. The van der Waals surface area contributed by atoms with Gasteiger partial charge in [-0.1, -0.05) is 30.3 Å². The first-order chi connectivity index (χ1) is 12.5. The number of benzene rings is 1. The number of hydrogen-bond acceptors (Lipinski definition) is 4. The van der Waals surface area contributed by atoms with Crippen molar-refractivity contribution in [1.82, 2.24) is 10.6 Å². The molecule has 1 aliphatic carbocycles. The maximum atomic E-state index is 11.0. The van der Waals surface area contributed by atoms with E-state index < -0.39 is 9.84 Å². The van der Waals surface area contributed by atoms with Crippen molar-refractivity contribution in [2.45, 2.75) is 37.6 Å². The average Bonchev–Trinajstić information content (AvgIpc) is 2.64. The quantitative estimate of drug-likeness (QED) is 0.244. The minimum Gasteiger partial charge on any atom is -0.379 e. The minimum absolute atomic E-state index is 0. The molecule has 0 spiro atoms. The Hall–Kier alpha value is -0.870. The molecule has 0 aliphatic heterocycles. The van der Waals surface area contributed by atoms with Crippen molar-refractivity contribution in [3.8, 4) is 0 Å². The topological polar surface area (TPSA) is 79.8 Å². The summed E-state index contributed by atoms with van der Waals surface area (Å²) in [6.07, 6.45) is 5.85. The first-order valence-electron chi connectivity index (χ1n) is 9.25. The number of aliphatic imine (C=N–C) groups is 1. The zero-order chi connectivity index (χ0) is 18.8. The van der Waals surface area contributed by atoms with Crippen molar-refractivity contribution in [2.24, 2.45) is 4.99 Å². The number of rotatable bonds is 8. The fourth-order valence-corrected chi connectivity index (χ4v) is 3.66. The monoisotopic (exact) mass is 509 g/mol. The fraction of sp³-hybridized carbons (Fsp3) is 0.632. The van der Waals surface area contributed by atoms with Crippen molar-refractivity contribution in [3.63, 3.8) is 0 Å². The first kappa shape index (κ1) is 24.2. The summed E-state index contributed by atoms with van der Waals surface area (Å²) in [5.41, 5.74) is 1.44. The number of ether oxygens (including phenoxy) is 1. The van der Waals surface area contributed by atoms with Gasteiger partial charge < -0.3 is 15.4 Å². The summed E-state index contributed by atoms with van der Waals surface area (Å²) in [6.45, 7) is 1.29. The van der Waals surface area contributed by atoms with Gasteiger partial charge in [0.1, 0.15) is 9.84 Å². The molecular weight excluding hydrogens is 477 g/mol. The van der Waals surface area contributed by atoms with Crippen LogP contribution < -0.4 is 10.6 Å². The molecule has 2 rings (SSSR count). The summed E-state index contributed by atoms with van der Waals surface area (Å²) < 4.78 is 27.4. The van der Waals surface area contributed by atoms with Gasteiger partial charge in [0.2, 0.25) is 0 Å². The summed E-state index contributed by atoms with van der Waals surface area (Å²) in [6, 6.07) is 11.2. The maximum Gasteiger partial charge on any atom is 0.191 e. The lowest BCUT2D eigenvalue weighted by molar-refractivity contribution is 0.154. The van der Waals surface area contributed by atoms with E-state index in [1.54, 1.807) is 7.05 Å². The van der Waals surface area contributed by atoms with Crippen LogP contribution in [0.5, 0.6) is 0 Å². The summed E-state index contributed by atoms with van der Waals surface area (Å²) in [4.78, 5) is 4.26. The highest BCUT2D eigenvalue weighted by Crippen LogP contribution is 2.32. The Kier molecular flexibility index (Phi) is 11.2. The van der Waals surface area contributed by atoms with Gasteiger partial charge in [-0.15, -0.1) is 24.0 Å². The van der Waals surface area contributed by atoms with E-state index in [4.69, 9.17) is 4.74 Å². The van der Waals surface area contributed by atoms with Crippen LogP contribution in [-0.2, 0) is 14.6 Å². The lowest BCUT2D eigenvalue weighted by atomic mass is 9.82. The van der Waals surface area contributed by atoms with Crippen LogP contribution in [0, 0.1) is 0 Å². The predicted octanol–water partition coefficient (Wildman–Crippen LogP) is 2.56. The van der Waals surface area contributed by atoms with Gasteiger partial charge in [-0.3, -0.25) is 4.99 Å². The molecule has 154 valence electrons. The van der Waals surface area contributed by atoms with E-state index in [1.807, 2.05) is 0 Å². The highest BCUT2D eigenvalue weighted by molar-refractivity contribution is 14.0. The third-order valence-corrected chi connectivity index (χ3v) is 5.61. The molecule has 0 amide bonds. The van der Waals surface area contributed by atoms with Gasteiger partial charge >= 0.3 is 0 Å². The number of nitrogens with zero attached hydrogens (tertiary/aromatic N) is 1. The van der Waals surface area contributed by atoms with Crippen LogP contribution >= 0.6 is 24.0 Å². The molecule has 0 bridgehead atoms. The molecule has 0 unspecified atom stereocenters. The number of nitrogens with one attached hydrogen (secondary N) is 2. The van der Waals surface area contributed by atoms with Crippen molar-refractivity contribution in [3.05, 3.63) is 35.9 Å². The molecule has 0 saturated heterocycles. The zero-order valence-corrected chi connectivity index (χ0v) is 19.3. The van der Waals surface area contributed by atoms with E-state index in [1.165, 1.54) is 24.7 Å². The van der Waals surface area contributed by atoms with Gasteiger partial charge in [0.25, 0.3) is 0 Å². The molecule has 0 atom stereocenters. The zero-order valence-electron chi connectivity index (χ0n) is 16.2. The van der Waals surface area contributed by atoms with Crippen LogP contribution in [0.3, 0.4) is 0 Å². The molecule has 2 N–H and O–H groups in total. The summed E-state index contributed by atoms with van der Waals surface area (Å²) in [5.74, 6) is 1.50. The van der Waals surface area contributed by atoms with Gasteiger partial charge in [-0.2, -0.15) is 0 Å². The van der Waals surface area contributed by atoms with Crippen LogP contribution in [0.15, 0.2) is 35.3 Å². The normalized spacial score (nSPS) is 20.6. The number of sulfone groups is 1. The lowest BCUT2D eigenvalue weighted by Crippen LogP contribution is -2.45. The van der Waals surface area contributed by atoms with Crippen molar-refractivity contribution in [1.29, 1.82) is 0 Å². The largest absolute Gasteiger partial charge is 0.379 e.